The molecule has 33 heavy (non-hydrogen) atoms. The number of piperidine rings is 1. The lowest BCUT2D eigenvalue weighted by atomic mass is 9.85. The minimum atomic E-state index is 0.360. The van der Waals surface area contributed by atoms with Gasteiger partial charge in [-0.3, -0.25) is 9.89 Å². The summed E-state index contributed by atoms with van der Waals surface area (Å²) in [6.45, 7) is 2.49. The van der Waals surface area contributed by atoms with Crippen LogP contribution >= 0.6 is 0 Å². The molecule has 0 saturated carbocycles. The molecule has 2 N–H and O–H groups in total. The summed E-state index contributed by atoms with van der Waals surface area (Å²) in [6, 6.07) is 18.7. The summed E-state index contributed by atoms with van der Waals surface area (Å²) < 4.78 is 11.0. The molecule has 7 nitrogen and oxygen atoms in total. The Labute approximate surface area is 195 Å². The van der Waals surface area contributed by atoms with E-state index in [-0.39, 0.29) is 0 Å². The van der Waals surface area contributed by atoms with Crippen molar-refractivity contribution in [3.8, 4) is 17.2 Å². The van der Waals surface area contributed by atoms with E-state index in [0.717, 1.165) is 36.1 Å². The van der Waals surface area contributed by atoms with Crippen LogP contribution in [0.4, 0.5) is 0 Å². The maximum atomic E-state index is 5.64. The quantitative estimate of drug-likeness (QED) is 0.420. The number of aliphatic imine (C=N–C) groups is 1. The molecular formula is C26H33N5O2. The largest absolute Gasteiger partial charge is 0.497 e. The number of hydrogen-bond donors (Lipinski definition) is 2. The Balaban J connectivity index is 1.34. The minimum absolute atomic E-state index is 0.360. The number of methoxy groups -OCH3 is 1. The Morgan fingerprint density at radius 1 is 1.15 bits per heavy atom. The molecule has 0 radical (unpaired) electrons. The first kappa shape index (κ1) is 22.9. The molecule has 2 aromatic carbocycles. The maximum absolute atomic E-state index is 5.64. The molecule has 7 heteroatoms. The molecular weight excluding hydrogens is 414 g/mol. The average Bonchev–Trinajstić information content (AvgIpc) is 3.34. The summed E-state index contributed by atoms with van der Waals surface area (Å²) in [5.74, 6) is 2.76. The Morgan fingerprint density at radius 3 is 2.67 bits per heavy atom. The van der Waals surface area contributed by atoms with E-state index < -0.39 is 0 Å². The van der Waals surface area contributed by atoms with Crippen LogP contribution in [0.15, 0.2) is 70.3 Å². The molecule has 3 aromatic rings. The van der Waals surface area contributed by atoms with Crippen LogP contribution in [-0.2, 0) is 6.54 Å². The van der Waals surface area contributed by atoms with Gasteiger partial charge in [-0.05, 0) is 62.2 Å². The molecule has 2 unspecified atom stereocenters. The highest BCUT2D eigenvalue weighted by atomic mass is 16.5. The predicted octanol–water partition coefficient (Wildman–Crippen LogP) is 4.10. The number of benzene rings is 2. The lowest BCUT2D eigenvalue weighted by Gasteiger charge is -2.40. The van der Waals surface area contributed by atoms with Crippen LogP contribution in [-0.4, -0.2) is 50.1 Å². The van der Waals surface area contributed by atoms with Crippen LogP contribution in [0.1, 0.15) is 30.1 Å². The van der Waals surface area contributed by atoms with E-state index in [0.29, 0.717) is 24.4 Å². The SMILES string of the molecule is CN=C(NCc1coc(-c2ccccc2)n1)NCC1CCCN(C)C1c1ccc(OC)cc1. The van der Waals surface area contributed by atoms with Crippen molar-refractivity contribution in [1.29, 1.82) is 0 Å². The molecule has 174 valence electrons. The van der Waals surface area contributed by atoms with Gasteiger partial charge in [-0.2, -0.15) is 0 Å². The third kappa shape index (κ3) is 5.73. The van der Waals surface area contributed by atoms with Crippen LogP contribution in [0.3, 0.4) is 0 Å². The molecule has 1 fully saturated rings. The van der Waals surface area contributed by atoms with Crippen LogP contribution < -0.4 is 15.4 Å². The van der Waals surface area contributed by atoms with Crippen molar-refractivity contribution in [1.82, 2.24) is 20.5 Å². The fraction of sp³-hybridized carbons (Fsp3) is 0.385. The van der Waals surface area contributed by atoms with Gasteiger partial charge in [0.05, 0.1) is 19.3 Å². The summed E-state index contributed by atoms with van der Waals surface area (Å²) in [7, 11) is 5.71. The van der Waals surface area contributed by atoms with E-state index in [1.165, 1.54) is 18.4 Å². The van der Waals surface area contributed by atoms with Gasteiger partial charge >= 0.3 is 0 Å². The van der Waals surface area contributed by atoms with Gasteiger partial charge in [0.15, 0.2) is 5.96 Å². The highest BCUT2D eigenvalue weighted by Crippen LogP contribution is 2.35. The van der Waals surface area contributed by atoms with E-state index in [9.17, 15) is 0 Å². The Bertz CT molecular complexity index is 1030. The van der Waals surface area contributed by atoms with Gasteiger partial charge in [-0.25, -0.2) is 4.98 Å². The number of nitrogens with zero attached hydrogens (tertiary/aromatic N) is 3. The van der Waals surface area contributed by atoms with E-state index in [1.807, 2.05) is 42.5 Å². The number of hydrogen-bond acceptors (Lipinski definition) is 5. The van der Waals surface area contributed by atoms with E-state index >= 15 is 0 Å². The summed E-state index contributed by atoms with van der Waals surface area (Å²) in [6.07, 6.45) is 4.07. The fourth-order valence-corrected chi connectivity index (χ4v) is 4.53. The van der Waals surface area contributed by atoms with E-state index in [4.69, 9.17) is 9.15 Å². The van der Waals surface area contributed by atoms with Crippen LogP contribution in [0.25, 0.3) is 11.5 Å². The predicted molar refractivity (Wildman–Crippen MR) is 131 cm³/mol. The monoisotopic (exact) mass is 447 g/mol. The van der Waals surface area contributed by atoms with E-state index in [2.05, 4.69) is 44.7 Å². The highest BCUT2D eigenvalue weighted by molar-refractivity contribution is 5.79. The molecule has 4 rings (SSSR count). The Morgan fingerprint density at radius 2 is 1.94 bits per heavy atom. The molecule has 1 aliphatic rings. The van der Waals surface area contributed by atoms with E-state index in [1.54, 1.807) is 20.4 Å². The van der Waals surface area contributed by atoms with Gasteiger partial charge in [0.2, 0.25) is 5.89 Å². The van der Waals surface area contributed by atoms with Gasteiger partial charge in [0.25, 0.3) is 0 Å². The summed E-state index contributed by atoms with van der Waals surface area (Å²) in [5.41, 5.74) is 3.13. The third-order valence-electron chi connectivity index (χ3n) is 6.23. The fourth-order valence-electron chi connectivity index (χ4n) is 4.53. The second kappa shape index (κ2) is 11.0. The number of nitrogens with one attached hydrogen (secondary N) is 2. The van der Waals surface area contributed by atoms with Gasteiger partial charge in [-0.1, -0.05) is 30.3 Å². The van der Waals surface area contributed by atoms with Gasteiger partial charge in [-0.15, -0.1) is 0 Å². The average molecular weight is 448 g/mol. The number of aromatic nitrogens is 1. The number of oxazole rings is 1. The topological polar surface area (TPSA) is 74.9 Å². The first-order valence-electron chi connectivity index (χ1n) is 11.5. The third-order valence-corrected chi connectivity index (χ3v) is 6.23. The molecule has 0 amide bonds. The molecule has 1 aromatic heterocycles. The zero-order valence-electron chi connectivity index (χ0n) is 19.6. The maximum Gasteiger partial charge on any atom is 0.226 e. The molecule has 2 heterocycles. The zero-order chi connectivity index (χ0) is 23.0. The Kier molecular flexibility index (Phi) is 7.62. The number of rotatable bonds is 7. The molecule has 1 saturated heterocycles. The van der Waals surface area contributed by atoms with Gasteiger partial charge < -0.3 is 19.8 Å². The highest BCUT2D eigenvalue weighted by Gasteiger charge is 2.30. The molecule has 2 atom stereocenters. The van der Waals surface area contributed by atoms with Crippen molar-refractivity contribution < 1.29 is 9.15 Å². The van der Waals surface area contributed by atoms with Crippen molar-refractivity contribution in [3.05, 3.63) is 72.1 Å². The van der Waals surface area contributed by atoms with Crippen LogP contribution in [0, 0.1) is 5.92 Å². The second-order valence-corrected chi connectivity index (χ2v) is 8.42. The normalized spacial score (nSPS) is 19.3. The van der Waals surface area contributed by atoms with Crippen molar-refractivity contribution >= 4 is 5.96 Å². The van der Waals surface area contributed by atoms with Crippen LogP contribution in [0.5, 0.6) is 5.75 Å². The number of ether oxygens (including phenoxy) is 1. The summed E-state index contributed by atoms with van der Waals surface area (Å²) >= 11 is 0. The zero-order valence-corrected chi connectivity index (χ0v) is 19.6. The first-order valence-corrected chi connectivity index (χ1v) is 11.5. The van der Waals surface area contributed by atoms with Crippen molar-refractivity contribution in [3.63, 3.8) is 0 Å². The number of guanidine groups is 1. The summed E-state index contributed by atoms with van der Waals surface area (Å²) in [5, 5.41) is 6.88. The van der Waals surface area contributed by atoms with Crippen molar-refractivity contribution in [2.45, 2.75) is 25.4 Å². The first-order chi connectivity index (χ1) is 16.2. The smallest absolute Gasteiger partial charge is 0.226 e. The van der Waals surface area contributed by atoms with Crippen molar-refractivity contribution in [2.75, 3.05) is 34.3 Å². The summed E-state index contributed by atoms with van der Waals surface area (Å²) in [4.78, 5) is 11.4. The molecule has 0 spiro atoms. The standard InChI is InChI=1S/C26H33N5O2/c1-27-26(29-17-22-18-33-25(30-22)20-8-5-4-6-9-20)28-16-21-10-7-15-31(2)24(21)19-11-13-23(32-3)14-12-19/h4-6,8-9,11-14,18,21,24H,7,10,15-17H2,1-3H3,(H2,27,28,29). The van der Waals surface area contributed by atoms with Crippen molar-refractivity contribution in [2.24, 2.45) is 10.9 Å². The van der Waals surface area contributed by atoms with Gasteiger partial charge in [0, 0.05) is 25.2 Å². The lowest BCUT2D eigenvalue weighted by Crippen LogP contribution is -2.44. The van der Waals surface area contributed by atoms with Crippen LogP contribution in [0.2, 0.25) is 0 Å². The molecule has 1 aliphatic heterocycles. The Hall–Kier alpha value is -3.32. The lowest BCUT2D eigenvalue weighted by molar-refractivity contribution is 0.122. The molecule has 0 bridgehead atoms. The minimum Gasteiger partial charge on any atom is -0.497 e. The molecule has 0 aliphatic carbocycles. The second-order valence-electron chi connectivity index (χ2n) is 8.42. The number of likely N-dealkylation sites (tertiary alicyclic amines) is 1. The van der Waals surface area contributed by atoms with Gasteiger partial charge in [0.1, 0.15) is 12.0 Å².